The maximum atomic E-state index is 12.0. The summed E-state index contributed by atoms with van der Waals surface area (Å²) in [4.78, 5) is 74.7. The van der Waals surface area contributed by atoms with Crippen molar-refractivity contribution in [1.82, 2.24) is 29.7 Å². The third-order valence-corrected chi connectivity index (χ3v) is 6.54. The summed E-state index contributed by atoms with van der Waals surface area (Å²) in [5, 5.41) is 5.75. The van der Waals surface area contributed by atoms with Gasteiger partial charge in [-0.2, -0.15) is 0 Å². The molecule has 0 aromatic carbocycles. The van der Waals surface area contributed by atoms with Gasteiger partial charge in [0.1, 0.15) is 0 Å². The number of hydrogen-bond donors (Lipinski definition) is 4. The normalized spacial score (nSPS) is 10.9. The summed E-state index contributed by atoms with van der Waals surface area (Å²) in [6, 6.07) is 0. The molecule has 2 heterocycles. The highest BCUT2D eigenvalue weighted by molar-refractivity contribution is 5.76. The third-order valence-electron chi connectivity index (χ3n) is 6.54. The van der Waals surface area contributed by atoms with Crippen LogP contribution in [0, 0.1) is 13.8 Å². The van der Waals surface area contributed by atoms with E-state index in [1.807, 2.05) is 0 Å². The number of hydrogen-bond acceptors (Lipinski definition) is 6. The first-order chi connectivity index (χ1) is 18.7. The number of nitrogens with zero attached hydrogens (tertiary/aromatic N) is 2. The molecule has 0 atom stereocenters. The molecule has 216 valence electrons. The van der Waals surface area contributed by atoms with Crippen molar-refractivity contribution in [1.29, 1.82) is 0 Å². The Bertz CT molecular complexity index is 1210. The first kappa shape index (κ1) is 31.5. The molecular formula is C27H42N6O6. The monoisotopic (exact) mass is 546 g/mol. The minimum Gasteiger partial charge on any atom is -0.356 e. The quantitative estimate of drug-likeness (QED) is 0.205. The van der Waals surface area contributed by atoms with Crippen molar-refractivity contribution in [3.05, 3.63) is 65.2 Å². The van der Waals surface area contributed by atoms with Crippen LogP contribution in [-0.2, 0) is 22.7 Å². The number of unbranched alkanes of at least 4 members (excludes halogenated alkanes) is 8. The van der Waals surface area contributed by atoms with Crippen LogP contribution in [0.1, 0.15) is 81.8 Å². The van der Waals surface area contributed by atoms with Crippen LogP contribution in [0.5, 0.6) is 0 Å². The Morgan fingerprint density at radius 1 is 0.615 bits per heavy atom. The van der Waals surface area contributed by atoms with Gasteiger partial charge in [0.05, 0.1) is 0 Å². The minimum atomic E-state index is -0.504. The fourth-order valence-corrected chi connectivity index (χ4v) is 4.13. The van der Waals surface area contributed by atoms with Crippen LogP contribution in [0.15, 0.2) is 31.6 Å². The van der Waals surface area contributed by atoms with Crippen molar-refractivity contribution in [2.24, 2.45) is 0 Å². The number of nitrogens with one attached hydrogen (secondary N) is 4. The smallest absolute Gasteiger partial charge is 0.328 e. The highest BCUT2D eigenvalue weighted by Crippen LogP contribution is 2.09. The molecule has 12 nitrogen and oxygen atoms in total. The number of aromatic amines is 2. The fourth-order valence-electron chi connectivity index (χ4n) is 4.13. The Hall–Kier alpha value is -3.70. The van der Waals surface area contributed by atoms with Crippen LogP contribution < -0.4 is 33.1 Å². The number of aryl methyl sites for hydroxylation is 4. The molecule has 4 N–H and O–H groups in total. The summed E-state index contributed by atoms with van der Waals surface area (Å²) in [5.41, 5.74) is -0.950. The van der Waals surface area contributed by atoms with Crippen molar-refractivity contribution >= 4 is 11.8 Å². The molecule has 0 aliphatic heterocycles. The minimum absolute atomic E-state index is 0.110. The molecule has 12 heteroatoms. The maximum absolute atomic E-state index is 12.0. The molecule has 0 aliphatic carbocycles. The van der Waals surface area contributed by atoms with Gasteiger partial charge in [-0.1, -0.05) is 44.9 Å². The van der Waals surface area contributed by atoms with Gasteiger partial charge >= 0.3 is 11.4 Å². The van der Waals surface area contributed by atoms with E-state index in [2.05, 4.69) is 20.6 Å². The standard InChI is InChI=1S/C27H42N6O6/c1-20-18-32(26(38)30-24(20)36)16-12-22(34)28-14-10-8-6-4-3-5-7-9-11-15-29-23(35)13-17-33-19-21(2)25(37)31-27(33)39/h18-19H,3-17H2,1-2H3,(H,28,34)(H,29,35)(H,30,36,38)(H,31,37,39). The summed E-state index contributed by atoms with van der Waals surface area (Å²) in [6.45, 7) is 4.93. The summed E-state index contributed by atoms with van der Waals surface area (Å²) in [7, 11) is 0. The third kappa shape index (κ3) is 12.1. The lowest BCUT2D eigenvalue weighted by Crippen LogP contribution is -2.33. The molecule has 0 saturated carbocycles. The van der Waals surface area contributed by atoms with E-state index >= 15 is 0 Å². The van der Waals surface area contributed by atoms with Crippen molar-refractivity contribution in [2.75, 3.05) is 13.1 Å². The Kier molecular flexibility index (Phi) is 13.7. The average Bonchev–Trinajstić information content (AvgIpc) is 2.89. The van der Waals surface area contributed by atoms with E-state index in [1.54, 1.807) is 13.8 Å². The Labute approximate surface area is 227 Å². The zero-order chi connectivity index (χ0) is 28.6. The lowest BCUT2D eigenvalue weighted by molar-refractivity contribution is -0.122. The Morgan fingerprint density at radius 2 is 0.949 bits per heavy atom. The number of rotatable bonds is 18. The summed E-state index contributed by atoms with van der Waals surface area (Å²) in [6.07, 6.45) is 13.0. The first-order valence-corrected chi connectivity index (χ1v) is 13.8. The topological polar surface area (TPSA) is 168 Å². The van der Waals surface area contributed by atoms with E-state index in [4.69, 9.17) is 0 Å². The molecule has 0 saturated heterocycles. The van der Waals surface area contributed by atoms with Crippen molar-refractivity contribution in [3.8, 4) is 0 Å². The first-order valence-electron chi connectivity index (χ1n) is 13.8. The summed E-state index contributed by atoms with van der Waals surface area (Å²) >= 11 is 0. The van der Waals surface area contributed by atoms with Gasteiger partial charge in [0.25, 0.3) is 11.1 Å². The number of carbonyl (C=O) groups excluding carboxylic acids is 2. The second-order valence-corrected chi connectivity index (χ2v) is 9.91. The van der Waals surface area contributed by atoms with Crippen LogP contribution in [0.25, 0.3) is 0 Å². The second kappa shape index (κ2) is 17.0. The van der Waals surface area contributed by atoms with Gasteiger partial charge in [-0.05, 0) is 26.7 Å². The van der Waals surface area contributed by atoms with Crippen LogP contribution in [0.4, 0.5) is 0 Å². The molecule has 0 aliphatic rings. The molecule has 0 radical (unpaired) electrons. The number of H-pyrrole nitrogens is 2. The lowest BCUT2D eigenvalue weighted by atomic mass is 10.1. The molecule has 2 aromatic rings. The fraction of sp³-hybridized carbons (Fsp3) is 0.630. The average molecular weight is 547 g/mol. The molecule has 2 aromatic heterocycles. The zero-order valence-corrected chi connectivity index (χ0v) is 23.1. The van der Waals surface area contributed by atoms with E-state index in [0.29, 0.717) is 24.2 Å². The molecule has 2 rings (SSSR count). The summed E-state index contributed by atoms with van der Waals surface area (Å²) in [5.74, 6) is -0.220. The van der Waals surface area contributed by atoms with E-state index in [0.717, 1.165) is 51.4 Å². The maximum Gasteiger partial charge on any atom is 0.328 e. The van der Waals surface area contributed by atoms with Gasteiger partial charge in [0.15, 0.2) is 0 Å². The van der Waals surface area contributed by atoms with Gasteiger partial charge in [-0.15, -0.1) is 0 Å². The molecule has 39 heavy (non-hydrogen) atoms. The Morgan fingerprint density at radius 3 is 1.31 bits per heavy atom. The van der Waals surface area contributed by atoms with Crippen LogP contribution in [0.2, 0.25) is 0 Å². The summed E-state index contributed by atoms with van der Waals surface area (Å²) < 4.78 is 2.69. The molecule has 0 bridgehead atoms. The Balaban J connectivity index is 1.39. The molecule has 0 spiro atoms. The highest BCUT2D eigenvalue weighted by atomic mass is 16.2. The van der Waals surface area contributed by atoms with E-state index in [9.17, 15) is 28.8 Å². The SMILES string of the molecule is Cc1cn(CCC(=O)NCCCCCCCCCCCNC(=O)CCn2cc(C)c(=O)[nH]c2=O)c(=O)[nH]c1=O. The van der Waals surface area contributed by atoms with E-state index < -0.39 is 22.5 Å². The van der Waals surface area contributed by atoms with Crippen molar-refractivity contribution in [3.63, 3.8) is 0 Å². The van der Waals surface area contributed by atoms with Crippen LogP contribution in [-0.4, -0.2) is 44.0 Å². The zero-order valence-electron chi connectivity index (χ0n) is 23.1. The second-order valence-electron chi connectivity index (χ2n) is 9.91. The van der Waals surface area contributed by atoms with Crippen LogP contribution in [0.3, 0.4) is 0 Å². The highest BCUT2D eigenvalue weighted by Gasteiger charge is 2.06. The number of aromatic nitrogens is 4. The van der Waals surface area contributed by atoms with Crippen LogP contribution >= 0.6 is 0 Å². The van der Waals surface area contributed by atoms with Crippen molar-refractivity contribution in [2.45, 2.75) is 97.6 Å². The van der Waals surface area contributed by atoms with Gasteiger partial charge in [0.2, 0.25) is 11.8 Å². The molecule has 0 fully saturated rings. The van der Waals surface area contributed by atoms with Gasteiger partial charge < -0.3 is 10.6 Å². The number of carbonyl (C=O) groups is 2. The van der Waals surface area contributed by atoms with Crippen molar-refractivity contribution < 1.29 is 9.59 Å². The van der Waals surface area contributed by atoms with Gasteiger partial charge in [0, 0.05) is 62.5 Å². The molecule has 0 unspecified atom stereocenters. The molecule has 2 amide bonds. The van der Waals surface area contributed by atoms with Gasteiger partial charge in [-0.25, -0.2) is 9.59 Å². The predicted octanol–water partition coefficient (Wildman–Crippen LogP) is 1.23. The van der Waals surface area contributed by atoms with E-state index in [1.165, 1.54) is 27.9 Å². The van der Waals surface area contributed by atoms with Gasteiger partial charge in [-0.3, -0.25) is 38.3 Å². The van der Waals surface area contributed by atoms with E-state index in [-0.39, 0.29) is 37.7 Å². The predicted molar refractivity (Wildman–Crippen MR) is 149 cm³/mol. The number of amides is 2. The largest absolute Gasteiger partial charge is 0.356 e. The molecular weight excluding hydrogens is 504 g/mol. The lowest BCUT2D eigenvalue weighted by Gasteiger charge is -2.08.